The Hall–Kier alpha value is -1.48. The Morgan fingerprint density at radius 2 is 2.12 bits per heavy atom. The Balaban J connectivity index is 2.50. The van der Waals surface area contributed by atoms with Crippen molar-refractivity contribution in [2.45, 2.75) is 26.6 Å². The molecule has 3 nitrogen and oxygen atoms in total. The van der Waals surface area contributed by atoms with Gasteiger partial charge in [-0.05, 0) is 25.5 Å². The summed E-state index contributed by atoms with van der Waals surface area (Å²) in [5, 5.41) is 0. The first-order valence-corrected chi connectivity index (χ1v) is 5.83. The Morgan fingerprint density at radius 1 is 1.29 bits per heavy atom. The number of fused-ring (bicyclic) bond motifs is 1. The first kappa shape index (κ1) is 12.0. The van der Waals surface area contributed by atoms with Crippen LogP contribution < -0.4 is 9.47 Å². The summed E-state index contributed by atoms with van der Waals surface area (Å²) in [4.78, 5) is 0. The number of methoxy groups -OCH3 is 1. The lowest BCUT2D eigenvalue weighted by molar-refractivity contribution is 0.150. The fourth-order valence-corrected chi connectivity index (χ4v) is 1.85. The lowest BCUT2D eigenvalue weighted by Gasteiger charge is -2.17. The maximum atomic E-state index is 5.86. The van der Waals surface area contributed by atoms with E-state index < -0.39 is 0 Å². The van der Waals surface area contributed by atoms with E-state index in [4.69, 9.17) is 14.2 Å². The Bertz CT molecular complexity index is 422. The third-order valence-electron chi connectivity index (χ3n) is 2.58. The summed E-state index contributed by atoms with van der Waals surface area (Å²) < 4.78 is 16.7. The SMILES string of the molecule is COc1ccc2c(c1OC(C)C)C=CCOC2. The quantitative estimate of drug-likeness (QED) is 0.804. The zero-order chi connectivity index (χ0) is 12.3. The monoisotopic (exact) mass is 234 g/mol. The minimum absolute atomic E-state index is 0.118. The van der Waals surface area contributed by atoms with Crippen LogP contribution in [0.5, 0.6) is 11.5 Å². The molecule has 1 aromatic rings. The van der Waals surface area contributed by atoms with Gasteiger partial charge in [0, 0.05) is 5.56 Å². The van der Waals surface area contributed by atoms with Gasteiger partial charge < -0.3 is 14.2 Å². The smallest absolute Gasteiger partial charge is 0.169 e. The lowest BCUT2D eigenvalue weighted by atomic mass is 10.1. The molecule has 0 aromatic heterocycles. The molecular weight excluding hydrogens is 216 g/mol. The maximum absolute atomic E-state index is 5.86. The summed E-state index contributed by atoms with van der Waals surface area (Å²) in [7, 11) is 1.66. The van der Waals surface area contributed by atoms with Gasteiger partial charge in [0.15, 0.2) is 11.5 Å². The zero-order valence-corrected chi connectivity index (χ0v) is 10.5. The normalized spacial score (nSPS) is 14.4. The summed E-state index contributed by atoms with van der Waals surface area (Å²) in [5.41, 5.74) is 2.20. The molecule has 0 bridgehead atoms. The van der Waals surface area contributed by atoms with E-state index >= 15 is 0 Å². The molecule has 1 aliphatic heterocycles. The van der Waals surface area contributed by atoms with Gasteiger partial charge >= 0.3 is 0 Å². The molecule has 17 heavy (non-hydrogen) atoms. The molecule has 0 saturated heterocycles. The molecule has 0 fully saturated rings. The highest BCUT2D eigenvalue weighted by molar-refractivity contribution is 5.66. The van der Waals surface area contributed by atoms with Crippen LogP contribution in [0.2, 0.25) is 0 Å². The van der Waals surface area contributed by atoms with E-state index in [0.29, 0.717) is 13.2 Å². The molecule has 0 aliphatic carbocycles. The number of rotatable bonds is 3. The van der Waals surface area contributed by atoms with Crippen molar-refractivity contribution in [2.24, 2.45) is 0 Å². The highest BCUT2D eigenvalue weighted by Crippen LogP contribution is 2.36. The summed E-state index contributed by atoms with van der Waals surface area (Å²) in [6.45, 7) is 5.27. The first-order chi connectivity index (χ1) is 8.22. The third-order valence-corrected chi connectivity index (χ3v) is 2.58. The predicted octanol–water partition coefficient (Wildman–Crippen LogP) is 3.03. The molecule has 1 aliphatic rings. The number of ether oxygens (including phenoxy) is 3. The average molecular weight is 234 g/mol. The molecule has 1 aromatic carbocycles. The lowest BCUT2D eigenvalue weighted by Crippen LogP contribution is -2.09. The number of benzene rings is 1. The van der Waals surface area contributed by atoms with Crippen LogP contribution in [-0.2, 0) is 11.3 Å². The second-order valence-electron chi connectivity index (χ2n) is 4.25. The maximum Gasteiger partial charge on any atom is 0.169 e. The van der Waals surface area contributed by atoms with Crippen molar-refractivity contribution in [3.8, 4) is 11.5 Å². The van der Waals surface area contributed by atoms with Crippen LogP contribution in [0.1, 0.15) is 25.0 Å². The highest BCUT2D eigenvalue weighted by atomic mass is 16.5. The van der Waals surface area contributed by atoms with Crippen LogP contribution >= 0.6 is 0 Å². The second-order valence-corrected chi connectivity index (χ2v) is 4.25. The van der Waals surface area contributed by atoms with Crippen molar-refractivity contribution in [1.29, 1.82) is 0 Å². The molecule has 0 spiro atoms. The second kappa shape index (κ2) is 5.23. The van der Waals surface area contributed by atoms with Gasteiger partial charge in [-0.25, -0.2) is 0 Å². The molecule has 92 valence electrons. The van der Waals surface area contributed by atoms with Gasteiger partial charge in [0.25, 0.3) is 0 Å². The Labute approximate surface area is 102 Å². The predicted molar refractivity (Wildman–Crippen MR) is 67.4 cm³/mol. The van der Waals surface area contributed by atoms with Gasteiger partial charge in [0.2, 0.25) is 0 Å². The van der Waals surface area contributed by atoms with Crippen molar-refractivity contribution in [2.75, 3.05) is 13.7 Å². The van der Waals surface area contributed by atoms with E-state index in [1.807, 2.05) is 38.1 Å². The van der Waals surface area contributed by atoms with Crippen molar-refractivity contribution in [1.82, 2.24) is 0 Å². The van der Waals surface area contributed by atoms with Crippen LogP contribution in [0.4, 0.5) is 0 Å². The van der Waals surface area contributed by atoms with Gasteiger partial charge in [0.05, 0.1) is 26.4 Å². The van der Waals surface area contributed by atoms with Crippen molar-refractivity contribution in [3.63, 3.8) is 0 Å². The highest BCUT2D eigenvalue weighted by Gasteiger charge is 2.16. The van der Waals surface area contributed by atoms with Gasteiger partial charge in [-0.3, -0.25) is 0 Å². The van der Waals surface area contributed by atoms with Crippen LogP contribution in [0.15, 0.2) is 18.2 Å². The number of hydrogen-bond acceptors (Lipinski definition) is 3. The van der Waals surface area contributed by atoms with Crippen LogP contribution in [-0.4, -0.2) is 19.8 Å². The van der Waals surface area contributed by atoms with Gasteiger partial charge in [0.1, 0.15) is 0 Å². The van der Waals surface area contributed by atoms with Crippen LogP contribution in [0, 0.1) is 0 Å². The van der Waals surface area contributed by atoms with Gasteiger partial charge in [-0.2, -0.15) is 0 Å². The van der Waals surface area contributed by atoms with E-state index in [1.54, 1.807) is 7.11 Å². The minimum Gasteiger partial charge on any atom is -0.493 e. The Morgan fingerprint density at radius 3 is 2.82 bits per heavy atom. The molecule has 0 atom stereocenters. The molecule has 2 rings (SSSR count). The molecule has 0 unspecified atom stereocenters. The fourth-order valence-electron chi connectivity index (χ4n) is 1.85. The topological polar surface area (TPSA) is 27.7 Å². The summed E-state index contributed by atoms with van der Waals surface area (Å²) in [6, 6.07) is 3.95. The fraction of sp³-hybridized carbons (Fsp3) is 0.429. The van der Waals surface area contributed by atoms with E-state index in [1.165, 1.54) is 0 Å². The van der Waals surface area contributed by atoms with Crippen molar-refractivity contribution in [3.05, 3.63) is 29.3 Å². The molecule has 0 N–H and O–H groups in total. The third kappa shape index (κ3) is 2.61. The van der Waals surface area contributed by atoms with E-state index in [-0.39, 0.29) is 6.10 Å². The first-order valence-electron chi connectivity index (χ1n) is 5.83. The zero-order valence-electron chi connectivity index (χ0n) is 10.5. The summed E-state index contributed by atoms with van der Waals surface area (Å²) >= 11 is 0. The molecule has 1 heterocycles. The van der Waals surface area contributed by atoms with E-state index in [0.717, 1.165) is 22.6 Å². The van der Waals surface area contributed by atoms with Crippen molar-refractivity contribution >= 4 is 6.08 Å². The molecule has 0 amide bonds. The largest absolute Gasteiger partial charge is 0.493 e. The van der Waals surface area contributed by atoms with E-state index in [2.05, 4.69) is 0 Å². The Kier molecular flexibility index (Phi) is 3.69. The van der Waals surface area contributed by atoms with Crippen molar-refractivity contribution < 1.29 is 14.2 Å². The summed E-state index contributed by atoms with van der Waals surface area (Å²) in [5.74, 6) is 1.57. The number of hydrogen-bond donors (Lipinski definition) is 0. The van der Waals surface area contributed by atoms with Gasteiger partial charge in [-0.1, -0.05) is 18.2 Å². The van der Waals surface area contributed by atoms with E-state index in [9.17, 15) is 0 Å². The van der Waals surface area contributed by atoms with Crippen LogP contribution in [0.3, 0.4) is 0 Å². The van der Waals surface area contributed by atoms with Gasteiger partial charge in [-0.15, -0.1) is 0 Å². The summed E-state index contributed by atoms with van der Waals surface area (Å²) in [6.07, 6.45) is 4.16. The molecular formula is C14H18O3. The minimum atomic E-state index is 0.118. The average Bonchev–Trinajstić information content (AvgIpc) is 2.54. The van der Waals surface area contributed by atoms with Crippen LogP contribution in [0.25, 0.3) is 6.08 Å². The molecule has 0 saturated carbocycles. The molecule has 3 heteroatoms. The molecule has 0 radical (unpaired) electrons. The standard InChI is InChI=1S/C14H18O3/c1-10(2)17-14-12-5-4-8-16-9-11(12)6-7-13(14)15-3/h4-7,10H,8-9H2,1-3H3.